The zero-order chi connectivity index (χ0) is 24.2. The Morgan fingerprint density at radius 2 is 1.65 bits per heavy atom. The molecular weight excluding hydrogens is 467 g/mol. The zero-order valence-electron chi connectivity index (χ0n) is 17.3. The van der Waals surface area contributed by atoms with E-state index in [4.69, 9.17) is 16.7 Å². The van der Waals surface area contributed by atoms with Crippen molar-refractivity contribution in [3.05, 3.63) is 93.8 Å². The molecule has 0 bridgehead atoms. The average molecular weight is 483 g/mol. The smallest absolute Gasteiger partial charge is 0.335 e. The molecule has 0 saturated carbocycles. The van der Waals surface area contributed by atoms with Crippen molar-refractivity contribution in [2.75, 3.05) is 0 Å². The van der Waals surface area contributed by atoms with Crippen LogP contribution in [-0.4, -0.2) is 42.5 Å². The number of carboxylic acids is 1. The Bertz CT molecular complexity index is 1410. The summed E-state index contributed by atoms with van der Waals surface area (Å²) >= 11 is 5.76. The summed E-state index contributed by atoms with van der Waals surface area (Å²) in [6.45, 7) is 0.177. The van der Waals surface area contributed by atoms with Crippen molar-refractivity contribution < 1.29 is 23.9 Å². The molecule has 2 aromatic heterocycles. The topological polar surface area (TPSA) is 139 Å². The summed E-state index contributed by atoms with van der Waals surface area (Å²) in [5, 5.41) is 18.2. The van der Waals surface area contributed by atoms with Gasteiger partial charge in [-0.2, -0.15) is 14.6 Å². The highest BCUT2D eigenvalue weighted by Gasteiger charge is 2.18. The molecule has 10 nitrogen and oxygen atoms in total. The number of benzene rings is 2. The van der Waals surface area contributed by atoms with Gasteiger partial charge in [0.05, 0.1) is 10.6 Å². The zero-order valence-corrected chi connectivity index (χ0v) is 18.1. The van der Waals surface area contributed by atoms with Gasteiger partial charge >= 0.3 is 5.97 Å². The summed E-state index contributed by atoms with van der Waals surface area (Å²) in [7, 11) is 0. The molecular formula is C22H16ClFN6O4. The highest BCUT2D eigenvalue weighted by atomic mass is 35.5. The van der Waals surface area contributed by atoms with E-state index in [2.05, 4.69) is 25.7 Å². The number of hydrogen-bond donors (Lipinski definition) is 3. The van der Waals surface area contributed by atoms with Gasteiger partial charge in [-0.25, -0.2) is 14.2 Å². The maximum absolute atomic E-state index is 13.3. The van der Waals surface area contributed by atoms with Crippen LogP contribution in [0.25, 0.3) is 5.78 Å². The maximum atomic E-state index is 13.3. The van der Waals surface area contributed by atoms with Gasteiger partial charge in [0.15, 0.2) is 0 Å². The van der Waals surface area contributed by atoms with Crippen molar-refractivity contribution in [2.45, 2.75) is 13.1 Å². The number of halogens is 2. The van der Waals surface area contributed by atoms with Crippen molar-refractivity contribution in [2.24, 2.45) is 0 Å². The molecule has 2 aromatic carbocycles. The molecule has 12 heteroatoms. The van der Waals surface area contributed by atoms with Crippen LogP contribution in [0.4, 0.5) is 4.39 Å². The number of carboxylic acid groups (broad SMARTS) is 1. The average Bonchev–Trinajstić information content (AvgIpc) is 3.31. The Kier molecular flexibility index (Phi) is 6.46. The Morgan fingerprint density at radius 1 is 0.971 bits per heavy atom. The first-order valence-electron chi connectivity index (χ1n) is 9.85. The van der Waals surface area contributed by atoms with E-state index in [0.717, 1.165) is 0 Å². The van der Waals surface area contributed by atoms with Crippen LogP contribution in [0.15, 0.2) is 54.9 Å². The second kappa shape index (κ2) is 9.63. The molecule has 0 aliphatic carbocycles. The second-order valence-electron chi connectivity index (χ2n) is 7.11. The third kappa shape index (κ3) is 4.99. The number of aromatic nitrogens is 4. The normalized spacial score (nSPS) is 10.8. The van der Waals surface area contributed by atoms with Crippen LogP contribution in [0.5, 0.6) is 0 Å². The monoisotopic (exact) mass is 482 g/mol. The van der Waals surface area contributed by atoms with Crippen molar-refractivity contribution in [3.8, 4) is 0 Å². The molecule has 172 valence electrons. The van der Waals surface area contributed by atoms with Gasteiger partial charge in [-0.15, -0.1) is 0 Å². The number of rotatable bonds is 7. The van der Waals surface area contributed by atoms with Gasteiger partial charge in [0.25, 0.3) is 17.6 Å². The SMILES string of the molecule is O=C(O)c1ccc(CNC(=O)c2cc(C(=O)NCc3ccc(F)c(Cl)c3)nc3ncnn23)cc1. The van der Waals surface area contributed by atoms with Gasteiger partial charge in [-0.1, -0.05) is 29.8 Å². The van der Waals surface area contributed by atoms with Gasteiger partial charge in [-0.05, 0) is 35.4 Å². The molecule has 2 heterocycles. The Labute approximate surface area is 196 Å². The number of fused-ring (bicyclic) bond motifs is 1. The molecule has 3 N–H and O–H groups in total. The number of carbonyl (C=O) groups is 3. The largest absolute Gasteiger partial charge is 0.478 e. The molecule has 4 rings (SSSR count). The van der Waals surface area contributed by atoms with Gasteiger partial charge < -0.3 is 15.7 Å². The van der Waals surface area contributed by atoms with E-state index in [1.165, 1.54) is 47.2 Å². The molecule has 34 heavy (non-hydrogen) atoms. The van der Waals surface area contributed by atoms with E-state index in [9.17, 15) is 18.8 Å². The van der Waals surface area contributed by atoms with E-state index in [1.54, 1.807) is 12.1 Å². The summed E-state index contributed by atoms with van der Waals surface area (Å²) in [5.41, 5.74) is 1.35. The highest BCUT2D eigenvalue weighted by molar-refractivity contribution is 6.30. The van der Waals surface area contributed by atoms with Crippen LogP contribution in [-0.2, 0) is 13.1 Å². The fourth-order valence-corrected chi connectivity index (χ4v) is 3.25. The summed E-state index contributed by atoms with van der Waals surface area (Å²) in [6, 6.07) is 11.4. The number of nitrogens with one attached hydrogen (secondary N) is 2. The van der Waals surface area contributed by atoms with Crippen LogP contribution in [0.2, 0.25) is 5.02 Å². The van der Waals surface area contributed by atoms with E-state index in [1.807, 2.05) is 0 Å². The third-order valence-corrected chi connectivity index (χ3v) is 5.10. The lowest BCUT2D eigenvalue weighted by Crippen LogP contribution is -2.28. The molecule has 0 aliphatic heterocycles. The van der Waals surface area contributed by atoms with Gasteiger partial charge in [0, 0.05) is 19.2 Å². The molecule has 0 saturated heterocycles. The molecule has 0 radical (unpaired) electrons. The molecule has 0 unspecified atom stereocenters. The summed E-state index contributed by atoms with van der Waals surface area (Å²) in [6.07, 6.45) is 1.20. The van der Waals surface area contributed by atoms with Crippen LogP contribution >= 0.6 is 11.6 Å². The number of hydrogen-bond acceptors (Lipinski definition) is 6. The number of nitrogens with zero attached hydrogens (tertiary/aromatic N) is 4. The maximum Gasteiger partial charge on any atom is 0.335 e. The first-order chi connectivity index (χ1) is 16.3. The van der Waals surface area contributed by atoms with Crippen molar-refractivity contribution in [3.63, 3.8) is 0 Å². The lowest BCUT2D eigenvalue weighted by Gasteiger charge is -2.09. The van der Waals surface area contributed by atoms with Crippen LogP contribution < -0.4 is 10.6 Å². The molecule has 0 aliphatic rings. The van der Waals surface area contributed by atoms with Crippen molar-refractivity contribution >= 4 is 35.2 Å². The third-order valence-electron chi connectivity index (χ3n) is 4.81. The minimum Gasteiger partial charge on any atom is -0.478 e. The Balaban J connectivity index is 1.49. The molecule has 0 fully saturated rings. The second-order valence-corrected chi connectivity index (χ2v) is 7.52. The fraction of sp³-hybridized carbons (Fsp3) is 0.0909. The Hall–Kier alpha value is -4.38. The van der Waals surface area contributed by atoms with E-state index < -0.39 is 23.6 Å². The minimum atomic E-state index is -1.05. The van der Waals surface area contributed by atoms with Gasteiger partial charge in [0.1, 0.15) is 23.5 Å². The quantitative estimate of drug-likeness (QED) is 0.367. The molecule has 2 amide bonds. The number of aromatic carboxylic acids is 1. The van der Waals surface area contributed by atoms with Gasteiger partial charge in [0.2, 0.25) is 0 Å². The summed E-state index contributed by atoms with van der Waals surface area (Å²) < 4.78 is 14.5. The lowest BCUT2D eigenvalue weighted by molar-refractivity contribution is 0.0696. The highest BCUT2D eigenvalue weighted by Crippen LogP contribution is 2.16. The minimum absolute atomic E-state index is 0.0274. The van der Waals surface area contributed by atoms with Crippen LogP contribution in [0, 0.1) is 5.82 Å². The fourth-order valence-electron chi connectivity index (χ4n) is 3.05. The van der Waals surface area contributed by atoms with E-state index in [-0.39, 0.29) is 40.8 Å². The standard InChI is InChI=1S/C22H16ClFN6O4/c23-15-7-13(3-6-16(15)24)10-25-19(31)17-8-18(30-22(29-17)27-11-28-30)20(32)26-9-12-1-4-14(5-2-12)21(33)34/h1-8,11H,9-10H2,(H,25,31)(H,26,32)(H,33,34). The van der Waals surface area contributed by atoms with E-state index in [0.29, 0.717) is 11.1 Å². The predicted octanol–water partition coefficient (Wildman–Crippen LogP) is 2.48. The van der Waals surface area contributed by atoms with E-state index >= 15 is 0 Å². The molecule has 0 spiro atoms. The number of carbonyl (C=O) groups excluding carboxylic acids is 2. The summed E-state index contributed by atoms with van der Waals surface area (Å²) in [5.74, 6) is -2.68. The number of amides is 2. The first-order valence-corrected chi connectivity index (χ1v) is 10.2. The predicted molar refractivity (Wildman–Crippen MR) is 118 cm³/mol. The van der Waals surface area contributed by atoms with Crippen molar-refractivity contribution in [1.29, 1.82) is 0 Å². The van der Waals surface area contributed by atoms with Crippen molar-refractivity contribution in [1.82, 2.24) is 30.2 Å². The molecule has 4 aromatic rings. The first kappa shape index (κ1) is 22.8. The van der Waals surface area contributed by atoms with Crippen LogP contribution in [0.1, 0.15) is 42.5 Å². The summed E-state index contributed by atoms with van der Waals surface area (Å²) in [4.78, 5) is 44.5. The van der Waals surface area contributed by atoms with Gasteiger partial charge in [-0.3, -0.25) is 9.59 Å². The van der Waals surface area contributed by atoms with Crippen LogP contribution in [0.3, 0.4) is 0 Å². The molecule has 0 atom stereocenters. The lowest BCUT2D eigenvalue weighted by atomic mass is 10.1. The Morgan fingerprint density at radius 3 is 2.35 bits per heavy atom.